The van der Waals surface area contributed by atoms with Gasteiger partial charge in [0.25, 0.3) is 0 Å². The number of aryl methyl sites for hydroxylation is 1. The summed E-state index contributed by atoms with van der Waals surface area (Å²) in [5, 5.41) is 0. The molecule has 0 saturated heterocycles. The van der Waals surface area contributed by atoms with Gasteiger partial charge in [0.2, 0.25) is 0 Å². The van der Waals surface area contributed by atoms with Gasteiger partial charge in [0, 0.05) is 6.20 Å². The summed E-state index contributed by atoms with van der Waals surface area (Å²) in [6.07, 6.45) is 2.01. The Balaban J connectivity index is 2.28. The zero-order chi connectivity index (χ0) is 10.7. The van der Waals surface area contributed by atoms with Gasteiger partial charge in [-0.3, -0.25) is 0 Å². The first-order valence-electron chi connectivity index (χ1n) is 5.10. The van der Waals surface area contributed by atoms with E-state index in [2.05, 4.69) is 14.9 Å². The third-order valence-corrected chi connectivity index (χ3v) is 2.32. The molecule has 0 fully saturated rings. The lowest BCUT2D eigenvalue weighted by Gasteiger charge is -2.04. The van der Waals surface area contributed by atoms with Crippen molar-refractivity contribution < 1.29 is 4.84 Å². The monoisotopic (exact) mass is 205 g/mol. The van der Waals surface area contributed by atoms with Crippen molar-refractivity contribution in [3.8, 4) is 0 Å². The largest absolute Gasteiger partial charge is 0.302 e. The van der Waals surface area contributed by atoms with Crippen LogP contribution in [-0.2, 0) is 11.4 Å². The maximum Gasteiger partial charge on any atom is 0.137 e. The second-order valence-corrected chi connectivity index (χ2v) is 3.33. The molecule has 15 heavy (non-hydrogen) atoms. The van der Waals surface area contributed by atoms with Crippen molar-refractivity contribution in [1.82, 2.24) is 14.9 Å². The lowest BCUT2D eigenvalue weighted by atomic mass is 10.3. The van der Waals surface area contributed by atoms with Gasteiger partial charge < -0.3 is 9.24 Å². The van der Waals surface area contributed by atoms with Crippen molar-refractivity contribution in [2.45, 2.75) is 20.4 Å². The maximum atomic E-state index is 5.12. The zero-order valence-electron chi connectivity index (χ0n) is 9.03. The molecule has 2 aromatic heterocycles. The van der Waals surface area contributed by atoms with E-state index in [0.29, 0.717) is 13.2 Å². The molecule has 0 aromatic carbocycles. The number of aromatic nitrogens is 2. The molecule has 2 aromatic rings. The van der Waals surface area contributed by atoms with Crippen LogP contribution in [0.2, 0.25) is 0 Å². The van der Waals surface area contributed by atoms with E-state index in [4.69, 9.17) is 4.84 Å². The van der Waals surface area contributed by atoms with Crippen molar-refractivity contribution in [3.05, 3.63) is 35.8 Å². The number of pyridine rings is 1. The fraction of sp³-hybridized carbons (Fsp3) is 0.364. The van der Waals surface area contributed by atoms with E-state index in [9.17, 15) is 0 Å². The molecular formula is C11H15N3O. The molecule has 4 heteroatoms. The van der Waals surface area contributed by atoms with E-state index in [1.807, 2.05) is 38.2 Å². The van der Waals surface area contributed by atoms with Gasteiger partial charge in [0.05, 0.1) is 24.5 Å². The van der Waals surface area contributed by atoms with Gasteiger partial charge >= 0.3 is 0 Å². The summed E-state index contributed by atoms with van der Waals surface area (Å²) in [7, 11) is 0. The number of hydrogen-bond acceptors (Lipinski definition) is 3. The van der Waals surface area contributed by atoms with E-state index in [0.717, 1.165) is 17.0 Å². The number of hydrogen-bond donors (Lipinski definition) is 1. The summed E-state index contributed by atoms with van der Waals surface area (Å²) >= 11 is 0. The second-order valence-electron chi connectivity index (χ2n) is 3.33. The Kier molecular flexibility index (Phi) is 2.99. The Morgan fingerprint density at radius 3 is 3.13 bits per heavy atom. The van der Waals surface area contributed by atoms with Gasteiger partial charge in [-0.25, -0.2) is 4.98 Å². The highest BCUT2D eigenvalue weighted by molar-refractivity contribution is 5.42. The van der Waals surface area contributed by atoms with Crippen molar-refractivity contribution in [2.75, 3.05) is 6.61 Å². The van der Waals surface area contributed by atoms with Gasteiger partial charge in [0.15, 0.2) is 0 Å². The number of nitrogens with one attached hydrogen (secondary N) is 1. The Bertz CT molecular complexity index is 450. The number of imidazole rings is 1. The van der Waals surface area contributed by atoms with Gasteiger partial charge in [0.1, 0.15) is 5.65 Å². The summed E-state index contributed by atoms with van der Waals surface area (Å²) in [4.78, 5) is 9.58. The molecule has 2 heterocycles. The van der Waals surface area contributed by atoms with Gasteiger partial charge in [-0.15, -0.1) is 0 Å². The number of nitrogens with zero attached hydrogens (tertiary/aromatic N) is 2. The van der Waals surface area contributed by atoms with Crippen LogP contribution in [0.3, 0.4) is 0 Å². The van der Waals surface area contributed by atoms with Gasteiger partial charge in [-0.2, -0.15) is 5.48 Å². The van der Waals surface area contributed by atoms with Crippen molar-refractivity contribution in [1.29, 1.82) is 0 Å². The lowest BCUT2D eigenvalue weighted by Crippen LogP contribution is -2.15. The molecule has 0 aliphatic carbocycles. The second kappa shape index (κ2) is 4.42. The fourth-order valence-corrected chi connectivity index (χ4v) is 1.60. The minimum atomic E-state index is 0.662. The van der Waals surface area contributed by atoms with Crippen LogP contribution in [0.15, 0.2) is 24.4 Å². The Morgan fingerprint density at radius 2 is 2.33 bits per heavy atom. The highest BCUT2D eigenvalue weighted by atomic mass is 16.6. The van der Waals surface area contributed by atoms with E-state index >= 15 is 0 Å². The first-order valence-corrected chi connectivity index (χ1v) is 5.10. The molecule has 2 rings (SSSR count). The highest BCUT2D eigenvalue weighted by Crippen LogP contribution is 2.10. The number of hydroxylamine groups is 1. The molecule has 0 aliphatic rings. The molecule has 0 atom stereocenters. The summed E-state index contributed by atoms with van der Waals surface area (Å²) in [5.41, 5.74) is 6.06. The molecule has 1 N–H and O–H groups in total. The molecule has 0 bridgehead atoms. The average Bonchev–Trinajstić information content (AvgIpc) is 2.56. The lowest BCUT2D eigenvalue weighted by molar-refractivity contribution is 0.0453. The standard InChI is InChI=1S/C11H15N3O/c1-3-15-12-8-10-9(2)13-11-6-4-5-7-14(10)11/h4-7,12H,3,8H2,1-2H3. The number of rotatable bonds is 4. The van der Waals surface area contributed by atoms with E-state index in [1.54, 1.807) is 0 Å². The first-order chi connectivity index (χ1) is 7.33. The summed E-state index contributed by atoms with van der Waals surface area (Å²) in [6, 6.07) is 5.98. The fourth-order valence-electron chi connectivity index (χ4n) is 1.60. The first kappa shape index (κ1) is 10.1. The highest BCUT2D eigenvalue weighted by Gasteiger charge is 2.06. The van der Waals surface area contributed by atoms with Crippen molar-refractivity contribution >= 4 is 5.65 Å². The molecule has 80 valence electrons. The number of fused-ring (bicyclic) bond motifs is 1. The van der Waals surface area contributed by atoms with Crippen LogP contribution < -0.4 is 5.48 Å². The van der Waals surface area contributed by atoms with Crippen LogP contribution in [-0.4, -0.2) is 16.0 Å². The summed E-state index contributed by atoms with van der Waals surface area (Å²) in [5.74, 6) is 0. The third kappa shape index (κ3) is 2.00. The third-order valence-electron chi connectivity index (χ3n) is 2.32. The van der Waals surface area contributed by atoms with E-state index in [1.165, 1.54) is 0 Å². The molecule has 4 nitrogen and oxygen atoms in total. The van der Waals surface area contributed by atoms with Crippen LogP contribution >= 0.6 is 0 Å². The maximum absolute atomic E-state index is 5.12. The molecule has 0 radical (unpaired) electrons. The van der Waals surface area contributed by atoms with Crippen LogP contribution in [0.1, 0.15) is 18.3 Å². The summed E-state index contributed by atoms with van der Waals surface area (Å²) in [6.45, 7) is 5.30. The van der Waals surface area contributed by atoms with Crippen molar-refractivity contribution in [3.63, 3.8) is 0 Å². The van der Waals surface area contributed by atoms with Crippen LogP contribution in [0.5, 0.6) is 0 Å². The Hall–Kier alpha value is -1.39. The van der Waals surface area contributed by atoms with Crippen LogP contribution in [0.25, 0.3) is 5.65 Å². The predicted molar refractivity (Wildman–Crippen MR) is 58.4 cm³/mol. The SMILES string of the molecule is CCONCc1c(C)nc2ccccn12. The smallest absolute Gasteiger partial charge is 0.137 e. The van der Waals surface area contributed by atoms with E-state index in [-0.39, 0.29) is 0 Å². The normalized spacial score (nSPS) is 11.1. The van der Waals surface area contributed by atoms with Crippen LogP contribution in [0, 0.1) is 6.92 Å². The van der Waals surface area contributed by atoms with Gasteiger partial charge in [-0.1, -0.05) is 6.07 Å². The quantitative estimate of drug-likeness (QED) is 0.609. The topological polar surface area (TPSA) is 38.6 Å². The van der Waals surface area contributed by atoms with Gasteiger partial charge in [-0.05, 0) is 26.0 Å². The van der Waals surface area contributed by atoms with Crippen LogP contribution in [0.4, 0.5) is 0 Å². The Morgan fingerprint density at radius 1 is 1.47 bits per heavy atom. The minimum Gasteiger partial charge on any atom is -0.302 e. The molecule has 0 spiro atoms. The molecule has 0 amide bonds. The Labute approximate surface area is 88.8 Å². The minimum absolute atomic E-state index is 0.662. The molecule has 0 aliphatic heterocycles. The van der Waals surface area contributed by atoms with Crippen molar-refractivity contribution in [2.24, 2.45) is 0 Å². The molecular weight excluding hydrogens is 190 g/mol. The molecule has 0 saturated carbocycles. The average molecular weight is 205 g/mol. The predicted octanol–water partition coefficient (Wildman–Crippen LogP) is 1.68. The zero-order valence-corrected chi connectivity index (χ0v) is 9.03. The van der Waals surface area contributed by atoms with E-state index < -0.39 is 0 Å². The summed E-state index contributed by atoms with van der Waals surface area (Å²) < 4.78 is 2.07. The molecule has 0 unspecified atom stereocenters.